The lowest BCUT2D eigenvalue weighted by Gasteiger charge is -2.26. The maximum atomic E-state index is 13.7. The van der Waals surface area contributed by atoms with Crippen LogP contribution in [0.15, 0.2) is 67.0 Å². The van der Waals surface area contributed by atoms with Gasteiger partial charge in [0.25, 0.3) is 0 Å². The fourth-order valence-electron chi connectivity index (χ4n) is 4.12. The van der Waals surface area contributed by atoms with Gasteiger partial charge in [0, 0.05) is 48.7 Å². The van der Waals surface area contributed by atoms with E-state index in [2.05, 4.69) is 30.4 Å². The van der Waals surface area contributed by atoms with Crippen LogP contribution in [0.1, 0.15) is 12.1 Å². The molecule has 0 aliphatic carbocycles. The molecular weight excluding hydrogens is 497 g/mol. The van der Waals surface area contributed by atoms with Crippen LogP contribution in [0.2, 0.25) is 0 Å². The molecule has 2 aromatic heterocycles. The van der Waals surface area contributed by atoms with Crippen molar-refractivity contribution in [2.45, 2.75) is 12.6 Å². The Bertz CT molecular complexity index is 1320. The van der Waals surface area contributed by atoms with E-state index >= 15 is 0 Å². The highest BCUT2D eigenvalue weighted by Gasteiger charge is 2.34. The first-order chi connectivity index (χ1) is 18.4. The minimum absolute atomic E-state index is 0.0372. The van der Waals surface area contributed by atoms with Gasteiger partial charge in [0.15, 0.2) is 11.5 Å². The van der Waals surface area contributed by atoms with Gasteiger partial charge in [-0.1, -0.05) is 24.3 Å². The summed E-state index contributed by atoms with van der Waals surface area (Å²) in [6, 6.07) is 14.9. The average molecular weight is 525 g/mol. The molecule has 11 heteroatoms. The second-order valence-corrected chi connectivity index (χ2v) is 8.83. The van der Waals surface area contributed by atoms with Crippen LogP contribution in [0.3, 0.4) is 0 Å². The Labute approximate surface area is 217 Å². The molecule has 1 aliphatic rings. The number of aromatic nitrogens is 4. The zero-order valence-corrected chi connectivity index (χ0v) is 20.5. The summed E-state index contributed by atoms with van der Waals surface area (Å²) in [5.74, 6) is 0.543. The number of nitrogens with one attached hydrogen (secondary N) is 2. The van der Waals surface area contributed by atoms with Gasteiger partial charge in [-0.05, 0) is 36.2 Å². The topological polar surface area (TPSA) is 88.2 Å². The van der Waals surface area contributed by atoms with Gasteiger partial charge in [0.2, 0.25) is 0 Å². The zero-order chi connectivity index (χ0) is 26.4. The van der Waals surface area contributed by atoms with Crippen LogP contribution in [0.5, 0.6) is 5.75 Å². The fraction of sp³-hybridized carbons (Fsp3) is 0.296. The molecule has 5 rings (SSSR count). The Morgan fingerprint density at radius 3 is 2.53 bits per heavy atom. The van der Waals surface area contributed by atoms with Crippen LogP contribution in [0.4, 0.5) is 24.7 Å². The monoisotopic (exact) mass is 524 g/mol. The molecule has 0 radical (unpaired) electrons. The molecule has 4 aromatic rings. The summed E-state index contributed by atoms with van der Waals surface area (Å²) in [5.41, 5.74) is 1.82. The molecule has 2 aromatic carbocycles. The first-order valence-corrected chi connectivity index (χ1v) is 12.3. The molecule has 1 aliphatic heterocycles. The smallest absolute Gasteiger partial charge is 0.433 e. The Balaban J connectivity index is 1.30. The lowest BCUT2D eigenvalue weighted by Crippen LogP contribution is -2.37. The van der Waals surface area contributed by atoms with Gasteiger partial charge in [-0.2, -0.15) is 18.3 Å². The van der Waals surface area contributed by atoms with Crippen molar-refractivity contribution in [1.29, 1.82) is 0 Å². The number of nitrogens with zero attached hydrogens (tertiary/aromatic N) is 4. The minimum Gasteiger partial charge on any atom is -0.494 e. The number of benzene rings is 2. The zero-order valence-electron chi connectivity index (χ0n) is 20.5. The number of H-pyrrole nitrogens is 1. The number of rotatable bonds is 9. The molecule has 198 valence electrons. The van der Waals surface area contributed by atoms with E-state index in [-0.39, 0.29) is 11.6 Å². The van der Waals surface area contributed by atoms with Gasteiger partial charge in [0.05, 0.1) is 26.0 Å². The Hall–Kier alpha value is -3.96. The van der Waals surface area contributed by atoms with Gasteiger partial charge in [-0.3, -0.25) is 10.00 Å². The summed E-state index contributed by atoms with van der Waals surface area (Å²) in [7, 11) is 0. The lowest BCUT2D eigenvalue weighted by atomic mass is 10.1. The third-order valence-electron chi connectivity index (χ3n) is 6.09. The largest absolute Gasteiger partial charge is 0.494 e. The van der Waals surface area contributed by atoms with E-state index in [0.717, 1.165) is 56.5 Å². The van der Waals surface area contributed by atoms with E-state index in [1.165, 1.54) is 0 Å². The van der Waals surface area contributed by atoms with Crippen LogP contribution in [0.25, 0.3) is 22.5 Å². The van der Waals surface area contributed by atoms with Crippen LogP contribution in [-0.4, -0.2) is 64.5 Å². The van der Waals surface area contributed by atoms with E-state index in [0.29, 0.717) is 23.6 Å². The van der Waals surface area contributed by atoms with Crippen molar-refractivity contribution in [2.24, 2.45) is 0 Å². The maximum absolute atomic E-state index is 13.7. The normalized spacial score (nSPS) is 14.4. The molecular formula is C27H27F3N6O2. The Morgan fingerprint density at radius 1 is 0.974 bits per heavy atom. The first kappa shape index (κ1) is 25.7. The van der Waals surface area contributed by atoms with E-state index in [9.17, 15) is 13.2 Å². The number of ether oxygens (including phenoxy) is 2. The quantitative estimate of drug-likeness (QED) is 0.284. The van der Waals surface area contributed by atoms with E-state index in [4.69, 9.17) is 9.47 Å². The molecule has 0 atom stereocenters. The van der Waals surface area contributed by atoms with Crippen LogP contribution < -0.4 is 10.1 Å². The SMILES string of the molecule is FC(F)(F)c1cc(Nc2ccc(-c3cn[nH]c3)cc2)nc(-c2cccc(OCCCN3CCOCC3)c2)n1. The predicted molar refractivity (Wildman–Crippen MR) is 137 cm³/mol. The molecule has 1 fully saturated rings. The number of hydrogen-bond acceptors (Lipinski definition) is 7. The Morgan fingerprint density at radius 2 is 1.79 bits per heavy atom. The summed E-state index contributed by atoms with van der Waals surface area (Å²) in [6.45, 7) is 4.70. The molecule has 2 N–H and O–H groups in total. The molecule has 0 saturated carbocycles. The fourth-order valence-corrected chi connectivity index (χ4v) is 4.12. The van der Waals surface area contributed by atoms with Crippen molar-refractivity contribution >= 4 is 11.5 Å². The van der Waals surface area contributed by atoms with Crippen LogP contribution in [-0.2, 0) is 10.9 Å². The van der Waals surface area contributed by atoms with Gasteiger partial charge < -0.3 is 14.8 Å². The second-order valence-electron chi connectivity index (χ2n) is 8.83. The lowest BCUT2D eigenvalue weighted by molar-refractivity contribution is -0.141. The van der Waals surface area contributed by atoms with Crippen LogP contribution in [0, 0.1) is 0 Å². The van der Waals surface area contributed by atoms with Gasteiger partial charge >= 0.3 is 6.18 Å². The number of morpholine rings is 1. The van der Waals surface area contributed by atoms with Crippen molar-refractivity contribution in [3.05, 3.63) is 72.7 Å². The van der Waals surface area contributed by atoms with Crippen molar-refractivity contribution in [1.82, 2.24) is 25.1 Å². The van der Waals surface area contributed by atoms with E-state index in [1.807, 2.05) is 12.1 Å². The van der Waals surface area contributed by atoms with Gasteiger partial charge in [-0.25, -0.2) is 9.97 Å². The van der Waals surface area contributed by atoms with Crippen LogP contribution >= 0.6 is 0 Å². The summed E-state index contributed by atoms with van der Waals surface area (Å²) < 4.78 is 52.3. The van der Waals surface area contributed by atoms with E-state index in [1.54, 1.807) is 48.8 Å². The molecule has 1 saturated heterocycles. The Kier molecular flexibility index (Phi) is 7.85. The van der Waals surface area contributed by atoms with Crippen molar-refractivity contribution in [3.8, 4) is 28.3 Å². The first-order valence-electron chi connectivity index (χ1n) is 12.3. The highest BCUT2D eigenvalue weighted by atomic mass is 19.4. The number of hydrogen-bond donors (Lipinski definition) is 2. The summed E-state index contributed by atoms with van der Waals surface area (Å²) >= 11 is 0. The number of aromatic amines is 1. The average Bonchev–Trinajstić information content (AvgIpc) is 3.47. The molecule has 38 heavy (non-hydrogen) atoms. The van der Waals surface area contributed by atoms with E-state index < -0.39 is 11.9 Å². The molecule has 0 spiro atoms. The third-order valence-corrected chi connectivity index (χ3v) is 6.09. The third kappa shape index (κ3) is 6.67. The molecule has 0 bridgehead atoms. The molecule has 3 heterocycles. The van der Waals surface area contributed by atoms with Gasteiger partial charge in [-0.15, -0.1) is 0 Å². The standard InChI is InChI=1S/C27H27F3N6O2/c28-27(29,30)24-16-25(33-22-7-5-19(6-8-22)21-17-31-32-18-21)35-26(34-24)20-3-1-4-23(15-20)38-12-2-9-36-10-13-37-14-11-36/h1,3-8,15-18H,2,9-14H2,(H,31,32)(H,33,34,35). The molecule has 8 nitrogen and oxygen atoms in total. The summed E-state index contributed by atoms with van der Waals surface area (Å²) in [4.78, 5) is 10.5. The second kappa shape index (κ2) is 11.6. The predicted octanol–water partition coefficient (Wildman–Crippen LogP) is 5.40. The van der Waals surface area contributed by atoms with Gasteiger partial charge in [0.1, 0.15) is 11.6 Å². The number of alkyl halides is 3. The highest BCUT2D eigenvalue weighted by Crippen LogP contribution is 2.32. The summed E-state index contributed by atoms with van der Waals surface area (Å²) in [5, 5.41) is 9.65. The highest BCUT2D eigenvalue weighted by molar-refractivity contribution is 5.67. The maximum Gasteiger partial charge on any atom is 0.433 e. The van der Waals surface area contributed by atoms with Crippen molar-refractivity contribution < 1.29 is 22.6 Å². The summed E-state index contributed by atoms with van der Waals surface area (Å²) in [6.07, 6.45) is -0.349. The van der Waals surface area contributed by atoms with Crippen molar-refractivity contribution in [3.63, 3.8) is 0 Å². The number of anilines is 2. The molecule has 0 unspecified atom stereocenters. The minimum atomic E-state index is -4.63. The molecule has 0 amide bonds. The number of halogens is 3. The van der Waals surface area contributed by atoms with Crippen molar-refractivity contribution in [2.75, 3.05) is 44.8 Å².